The van der Waals surface area contributed by atoms with E-state index in [9.17, 15) is 31.5 Å². The highest BCUT2D eigenvalue weighted by molar-refractivity contribution is 7.91. The van der Waals surface area contributed by atoms with Gasteiger partial charge >= 0.3 is 0 Å². The molecular formula is C56H54O9S2. The Morgan fingerprint density at radius 3 is 1.15 bits per heavy atom. The van der Waals surface area contributed by atoms with Crippen LogP contribution in [0.4, 0.5) is 0 Å². The number of aliphatic hydroxyl groups excluding tert-OH is 1. The third-order valence-electron chi connectivity index (χ3n) is 12.3. The second kappa shape index (κ2) is 19.9. The molecule has 2 aliphatic rings. The summed E-state index contributed by atoms with van der Waals surface area (Å²) < 4.78 is 56.9. The zero-order valence-electron chi connectivity index (χ0n) is 38.7. The molecule has 0 atom stereocenters. The molecule has 0 saturated carbocycles. The molecule has 1 N–H and O–H groups in total. The molecule has 0 saturated heterocycles. The summed E-state index contributed by atoms with van der Waals surface area (Å²) in [7, 11) is -3.26. The number of Topliss-reactive ketones (excluding diaryl/α,β-unsaturated/α-hetero) is 2. The predicted octanol–water partition coefficient (Wildman–Crippen LogP) is 10.6. The zero-order chi connectivity index (χ0) is 48.9. The molecule has 6 aromatic carbocycles. The second-order valence-electron chi connectivity index (χ2n) is 17.0. The van der Waals surface area contributed by atoms with Gasteiger partial charge in [-0.1, -0.05) is 148 Å². The lowest BCUT2D eigenvalue weighted by atomic mass is 9.70. The van der Waals surface area contributed by atoms with E-state index in [2.05, 4.69) is 94.6 Å². The minimum atomic E-state index is -3.32. The number of aliphatic hydroxyl groups is 1. The Labute approximate surface area is 394 Å². The van der Waals surface area contributed by atoms with Crippen molar-refractivity contribution >= 4 is 43.4 Å². The van der Waals surface area contributed by atoms with Crippen LogP contribution in [0.1, 0.15) is 86.0 Å². The number of hydrogen-bond donors (Lipinski definition) is 1. The Morgan fingerprint density at radius 1 is 0.493 bits per heavy atom. The molecule has 6 aromatic rings. The lowest BCUT2D eigenvalue weighted by molar-refractivity contribution is 0.102. The molecule has 0 aromatic heterocycles. The molecule has 0 radical (unpaired) electrons. The second-order valence-corrected chi connectivity index (χ2v) is 21.0. The zero-order valence-corrected chi connectivity index (χ0v) is 40.3. The first-order chi connectivity index (χ1) is 31.6. The molecule has 8 rings (SSSR count). The molecule has 9 nitrogen and oxygen atoms in total. The molecule has 0 spiro atoms. The molecule has 0 heterocycles. The molecule has 0 fully saturated rings. The number of sulfone groups is 2. The van der Waals surface area contributed by atoms with Crippen LogP contribution in [0.25, 0.3) is 12.2 Å². The monoisotopic (exact) mass is 934 g/mol. The highest BCUT2D eigenvalue weighted by Crippen LogP contribution is 2.41. The summed E-state index contributed by atoms with van der Waals surface area (Å²) in [4.78, 5) is 23.9. The van der Waals surface area contributed by atoms with Gasteiger partial charge in [0.05, 0.1) is 30.6 Å². The van der Waals surface area contributed by atoms with E-state index in [0.717, 1.165) is 29.6 Å². The number of ether oxygens (including phenoxy) is 2. The number of carbonyl (C=O) groups is 2. The van der Waals surface area contributed by atoms with E-state index in [1.807, 2.05) is 36.4 Å². The van der Waals surface area contributed by atoms with Crippen molar-refractivity contribution in [2.24, 2.45) is 0 Å². The van der Waals surface area contributed by atoms with E-state index in [4.69, 9.17) is 9.47 Å². The van der Waals surface area contributed by atoms with Crippen LogP contribution in [0, 0.1) is 0 Å². The van der Waals surface area contributed by atoms with Crippen molar-refractivity contribution in [3.05, 3.63) is 226 Å². The van der Waals surface area contributed by atoms with Crippen LogP contribution in [0.3, 0.4) is 0 Å². The van der Waals surface area contributed by atoms with Gasteiger partial charge in [-0.3, -0.25) is 9.59 Å². The molecule has 0 amide bonds. The minimum absolute atomic E-state index is 0.0602. The molecular weight excluding hydrogens is 881 g/mol. The Bertz CT molecular complexity index is 2980. The summed E-state index contributed by atoms with van der Waals surface area (Å²) in [5.74, 6) is 1.25. The van der Waals surface area contributed by atoms with Crippen molar-refractivity contribution in [3.63, 3.8) is 0 Å². The average molecular weight is 935 g/mol. The van der Waals surface area contributed by atoms with Crippen LogP contribution in [0.2, 0.25) is 0 Å². The molecule has 0 bridgehead atoms. The van der Waals surface area contributed by atoms with Gasteiger partial charge in [-0.25, -0.2) is 16.8 Å². The number of hydrogen-bond acceptors (Lipinski definition) is 9. The van der Waals surface area contributed by atoms with Crippen molar-refractivity contribution in [1.29, 1.82) is 0 Å². The van der Waals surface area contributed by atoms with Crippen molar-refractivity contribution in [1.82, 2.24) is 0 Å². The third kappa shape index (κ3) is 10.5. The highest BCUT2D eigenvalue weighted by atomic mass is 32.2. The summed E-state index contributed by atoms with van der Waals surface area (Å²) in [5.41, 5.74) is 8.92. The van der Waals surface area contributed by atoms with E-state index >= 15 is 0 Å². The fraction of sp³-hybridized carbons (Fsp3) is 0.179. The van der Waals surface area contributed by atoms with Gasteiger partial charge in [0.15, 0.2) is 31.2 Å². The SMILES string of the molecule is C=C1C=Cc2c(cccc2S(C)(=O)=O)C1=O.C=C1C=Cc2c(cccc2S(C)(=O)=O)C1=O.COc1ccc(C(C)(c2ccc(OC)cc2)c2ccc(C(C)(C)c3ccc(CO)cc3)cc2)cc1. The number of fused-ring (bicyclic) bond motifs is 2. The first-order valence-electron chi connectivity index (χ1n) is 21.2. The van der Waals surface area contributed by atoms with Crippen molar-refractivity contribution in [3.8, 4) is 11.5 Å². The molecule has 11 heteroatoms. The summed E-state index contributed by atoms with van der Waals surface area (Å²) >= 11 is 0. The van der Waals surface area contributed by atoms with Gasteiger partial charge in [0.1, 0.15) is 11.5 Å². The van der Waals surface area contributed by atoms with Gasteiger partial charge in [-0.15, -0.1) is 0 Å². The Hall–Kier alpha value is -6.92. The maximum atomic E-state index is 11.8. The standard InChI is InChI=1S/C32H34O3.2C12H10O3S/c1-31(2,24-8-6-23(22-33)7-9-24)25-10-12-26(13-11-25)32(3,27-14-18-29(34-4)19-15-27)28-16-20-30(35-5)21-17-28;2*1-8-6-7-9-10(12(8)13)4-3-5-11(9)16(2,14)15/h6-21,33H,22H2,1-5H3;2*3-7H,1H2,2H3. The summed E-state index contributed by atoms with van der Waals surface area (Å²) in [5, 5.41) is 9.39. The molecule has 67 heavy (non-hydrogen) atoms. The van der Waals surface area contributed by atoms with Gasteiger partial charge < -0.3 is 14.6 Å². The maximum Gasteiger partial charge on any atom is 0.193 e. The average Bonchev–Trinajstić information content (AvgIpc) is 3.33. The first kappa shape index (κ1) is 49.5. The number of benzene rings is 6. The molecule has 0 aliphatic heterocycles. The maximum absolute atomic E-state index is 11.8. The van der Waals surface area contributed by atoms with Crippen molar-refractivity contribution in [2.75, 3.05) is 26.7 Å². The molecule has 344 valence electrons. The van der Waals surface area contributed by atoms with Crippen LogP contribution in [-0.4, -0.2) is 60.2 Å². The number of ketones is 2. The molecule has 0 unspecified atom stereocenters. The van der Waals surface area contributed by atoms with Crippen LogP contribution >= 0.6 is 0 Å². The molecule has 2 aliphatic carbocycles. The Kier molecular flexibility index (Phi) is 14.7. The van der Waals surface area contributed by atoms with E-state index in [1.54, 1.807) is 62.8 Å². The topological polar surface area (TPSA) is 141 Å². The minimum Gasteiger partial charge on any atom is -0.497 e. The van der Waals surface area contributed by atoms with E-state index in [0.29, 0.717) is 33.4 Å². The first-order valence-corrected chi connectivity index (χ1v) is 25.0. The number of allylic oxidation sites excluding steroid dienone is 4. The quantitative estimate of drug-likeness (QED) is 0.105. The summed E-state index contributed by atoms with van der Waals surface area (Å²) in [6, 6.07) is 43.2. The van der Waals surface area contributed by atoms with E-state index < -0.39 is 19.7 Å². The normalized spacial score (nSPS) is 13.4. The summed E-state index contributed by atoms with van der Waals surface area (Å²) in [6.07, 6.45) is 8.58. The van der Waals surface area contributed by atoms with Gasteiger partial charge in [-0.05, 0) is 76.7 Å². The lowest BCUT2D eigenvalue weighted by Crippen LogP contribution is -2.26. The largest absolute Gasteiger partial charge is 0.497 e. The van der Waals surface area contributed by atoms with Crippen LogP contribution in [-0.2, 0) is 37.1 Å². The number of rotatable bonds is 10. The van der Waals surface area contributed by atoms with E-state index in [1.165, 1.54) is 39.9 Å². The van der Waals surface area contributed by atoms with Crippen molar-refractivity contribution in [2.45, 2.75) is 48.0 Å². The van der Waals surface area contributed by atoms with E-state index in [-0.39, 0.29) is 38.8 Å². The fourth-order valence-corrected chi connectivity index (χ4v) is 9.91. The van der Waals surface area contributed by atoms with Gasteiger partial charge in [0.25, 0.3) is 0 Å². The van der Waals surface area contributed by atoms with Crippen LogP contribution < -0.4 is 9.47 Å². The van der Waals surface area contributed by atoms with Gasteiger partial charge in [0, 0.05) is 56.7 Å². The smallest absolute Gasteiger partial charge is 0.193 e. The Balaban J connectivity index is 0.000000191. The lowest BCUT2D eigenvalue weighted by Gasteiger charge is -2.33. The third-order valence-corrected chi connectivity index (χ3v) is 14.6. The van der Waals surface area contributed by atoms with Gasteiger partial charge in [0.2, 0.25) is 0 Å². The number of methoxy groups -OCH3 is 2. The van der Waals surface area contributed by atoms with Crippen molar-refractivity contribution < 1.29 is 41.0 Å². The van der Waals surface area contributed by atoms with Gasteiger partial charge in [-0.2, -0.15) is 0 Å². The summed E-state index contributed by atoms with van der Waals surface area (Å²) in [6.45, 7) is 14.0. The fourth-order valence-electron chi connectivity index (χ4n) is 8.10. The van der Waals surface area contributed by atoms with Crippen LogP contribution in [0.15, 0.2) is 180 Å². The van der Waals surface area contributed by atoms with Crippen LogP contribution in [0.5, 0.6) is 11.5 Å². The predicted molar refractivity (Wildman–Crippen MR) is 267 cm³/mol. The Morgan fingerprint density at radius 2 is 0.821 bits per heavy atom. The highest BCUT2D eigenvalue weighted by Gasteiger charge is 2.33. The number of carbonyl (C=O) groups excluding carboxylic acids is 2.